The van der Waals surface area contributed by atoms with Gasteiger partial charge < -0.3 is 24.0 Å². The van der Waals surface area contributed by atoms with Crippen LogP contribution in [0.5, 0.6) is 0 Å². The third kappa shape index (κ3) is 2.09. The first-order chi connectivity index (χ1) is 6.88. The minimum absolute atomic E-state index is 0.0688. The standard InChI is InChI=1S/C8H3BrF3NS2/c9-3-1-4(8(10,11)12)6-5(2-3)15-7(14)13-6/h1-2H,(H,13,14)/p-1. The zero-order valence-electron chi connectivity index (χ0n) is 6.93. The van der Waals surface area contributed by atoms with E-state index < -0.39 is 11.7 Å². The molecule has 80 valence electrons. The SMILES string of the molecule is FC(F)(F)c1cc(Br)cc2sc([S-])nc12. The number of hydrogen-bond donors (Lipinski definition) is 0. The Labute approximate surface area is 101 Å². The Balaban J connectivity index is 2.82. The van der Waals surface area contributed by atoms with Gasteiger partial charge >= 0.3 is 6.18 Å². The quantitative estimate of drug-likeness (QED) is 0.682. The topological polar surface area (TPSA) is 12.9 Å². The van der Waals surface area contributed by atoms with Gasteiger partial charge in [0.25, 0.3) is 0 Å². The molecule has 0 aliphatic carbocycles. The van der Waals surface area contributed by atoms with Gasteiger partial charge in [-0.3, -0.25) is 4.98 Å². The van der Waals surface area contributed by atoms with Crippen LogP contribution in [0.2, 0.25) is 0 Å². The Bertz CT molecular complexity index is 520. The van der Waals surface area contributed by atoms with Crippen LogP contribution in [0.15, 0.2) is 20.9 Å². The molecule has 0 atom stereocenters. The van der Waals surface area contributed by atoms with E-state index in [-0.39, 0.29) is 9.86 Å². The lowest BCUT2D eigenvalue weighted by Gasteiger charge is -2.08. The summed E-state index contributed by atoms with van der Waals surface area (Å²) >= 11 is 8.86. The maximum absolute atomic E-state index is 12.6. The Morgan fingerprint density at radius 3 is 2.60 bits per heavy atom. The highest BCUT2D eigenvalue weighted by atomic mass is 79.9. The molecular weight excluding hydrogens is 311 g/mol. The number of benzene rings is 1. The number of thiazole rings is 1. The van der Waals surface area contributed by atoms with Crippen molar-refractivity contribution in [2.24, 2.45) is 0 Å². The van der Waals surface area contributed by atoms with Crippen LogP contribution in [0.4, 0.5) is 13.2 Å². The Morgan fingerprint density at radius 2 is 2.00 bits per heavy atom. The van der Waals surface area contributed by atoms with Crippen LogP contribution in [0, 0.1) is 0 Å². The molecule has 2 aromatic rings. The molecule has 1 heterocycles. The monoisotopic (exact) mass is 312 g/mol. The molecule has 0 saturated carbocycles. The highest BCUT2D eigenvalue weighted by Gasteiger charge is 2.33. The maximum atomic E-state index is 12.6. The van der Waals surface area contributed by atoms with Crippen LogP contribution in [-0.4, -0.2) is 4.98 Å². The average molecular weight is 313 g/mol. The number of fused-ring (bicyclic) bond motifs is 1. The van der Waals surface area contributed by atoms with Crippen molar-refractivity contribution in [3.8, 4) is 0 Å². The van der Waals surface area contributed by atoms with Crippen molar-refractivity contribution in [3.63, 3.8) is 0 Å². The summed E-state index contributed by atoms with van der Waals surface area (Å²) in [6.07, 6.45) is -4.40. The molecule has 0 aliphatic heterocycles. The highest BCUT2D eigenvalue weighted by molar-refractivity contribution is 9.10. The van der Waals surface area contributed by atoms with E-state index in [2.05, 4.69) is 20.9 Å². The first-order valence-electron chi connectivity index (χ1n) is 3.72. The van der Waals surface area contributed by atoms with Gasteiger partial charge in [0.1, 0.15) is 0 Å². The van der Waals surface area contributed by atoms with E-state index in [1.165, 1.54) is 0 Å². The number of halogens is 4. The predicted molar refractivity (Wildman–Crippen MR) is 58.0 cm³/mol. The van der Waals surface area contributed by atoms with E-state index in [1.807, 2.05) is 0 Å². The molecule has 1 aromatic heterocycles. The molecule has 0 saturated heterocycles. The van der Waals surface area contributed by atoms with Gasteiger partial charge in [0.05, 0.1) is 11.1 Å². The molecule has 0 N–H and O–H groups in total. The summed E-state index contributed by atoms with van der Waals surface area (Å²) in [5.74, 6) is 0. The summed E-state index contributed by atoms with van der Waals surface area (Å²) < 4.78 is 38.9. The van der Waals surface area contributed by atoms with E-state index in [0.29, 0.717) is 9.17 Å². The summed E-state index contributed by atoms with van der Waals surface area (Å²) in [6, 6.07) is 2.59. The van der Waals surface area contributed by atoms with Crippen molar-refractivity contribution < 1.29 is 13.2 Å². The fourth-order valence-corrected chi connectivity index (χ4v) is 2.92. The molecule has 0 unspecified atom stereocenters. The second-order valence-electron chi connectivity index (χ2n) is 2.78. The van der Waals surface area contributed by atoms with Crippen LogP contribution in [0.25, 0.3) is 10.2 Å². The Hall–Kier alpha value is -0.400. The van der Waals surface area contributed by atoms with Crippen molar-refractivity contribution in [2.45, 2.75) is 10.5 Å². The molecule has 1 nitrogen and oxygen atoms in total. The van der Waals surface area contributed by atoms with Crippen molar-refractivity contribution in [1.29, 1.82) is 0 Å². The first kappa shape index (κ1) is 11.1. The molecule has 1 aromatic carbocycles. The Kier molecular flexibility index (Phi) is 2.64. The zero-order valence-corrected chi connectivity index (χ0v) is 10.1. The zero-order chi connectivity index (χ0) is 11.2. The van der Waals surface area contributed by atoms with E-state index in [0.717, 1.165) is 17.4 Å². The summed E-state index contributed by atoms with van der Waals surface area (Å²) in [6.45, 7) is 0. The number of rotatable bonds is 0. The number of hydrogen-bond acceptors (Lipinski definition) is 3. The number of nitrogens with zero attached hydrogens (tertiary/aromatic N) is 1. The number of alkyl halides is 3. The minimum Gasteiger partial charge on any atom is -0.408 e. The lowest BCUT2D eigenvalue weighted by molar-refractivity contribution is -0.136. The predicted octanol–water partition coefficient (Wildman–Crippen LogP) is 3.98. The summed E-state index contributed by atoms with van der Waals surface area (Å²) in [5, 5.41) is 0. The molecule has 0 aliphatic rings. The van der Waals surface area contributed by atoms with Gasteiger partial charge in [0.2, 0.25) is 0 Å². The smallest absolute Gasteiger partial charge is 0.408 e. The molecule has 0 fully saturated rings. The molecule has 0 radical (unpaired) electrons. The molecule has 15 heavy (non-hydrogen) atoms. The van der Waals surface area contributed by atoms with E-state index in [1.54, 1.807) is 6.07 Å². The Morgan fingerprint density at radius 1 is 1.33 bits per heavy atom. The van der Waals surface area contributed by atoms with Gasteiger partial charge in [-0.15, -0.1) is 0 Å². The second kappa shape index (κ2) is 3.57. The second-order valence-corrected chi connectivity index (χ2v) is 5.37. The minimum atomic E-state index is -4.40. The fraction of sp³-hybridized carbons (Fsp3) is 0.125. The summed E-state index contributed by atoms with van der Waals surface area (Å²) in [5.41, 5.74) is -0.820. The van der Waals surface area contributed by atoms with Crippen LogP contribution in [0.3, 0.4) is 0 Å². The highest BCUT2D eigenvalue weighted by Crippen LogP contribution is 2.38. The van der Waals surface area contributed by atoms with Crippen LogP contribution < -0.4 is 0 Å². The number of aromatic nitrogens is 1. The largest absolute Gasteiger partial charge is 0.418 e. The van der Waals surface area contributed by atoms with Crippen LogP contribution in [-0.2, 0) is 18.8 Å². The van der Waals surface area contributed by atoms with E-state index in [4.69, 9.17) is 12.6 Å². The summed E-state index contributed by atoms with van der Waals surface area (Å²) in [4.78, 5) is 3.71. The lowest BCUT2D eigenvalue weighted by atomic mass is 10.2. The summed E-state index contributed by atoms with van der Waals surface area (Å²) in [7, 11) is 0. The van der Waals surface area contributed by atoms with Crippen molar-refractivity contribution in [2.75, 3.05) is 0 Å². The maximum Gasteiger partial charge on any atom is 0.418 e. The van der Waals surface area contributed by atoms with Gasteiger partial charge in [0, 0.05) is 4.47 Å². The van der Waals surface area contributed by atoms with Gasteiger partial charge in [-0.1, -0.05) is 15.9 Å². The van der Waals surface area contributed by atoms with Crippen LogP contribution >= 0.6 is 27.3 Å². The van der Waals surface area contributed by atoms with Crippen LogP contribution in [0.1, 0.15) is 5.56 Å². The van der Waals surface area contributed by atoms with Gasteiger partial charge in [-0.05, 0) is 21.2 Å². The first-order valence-corrected chi connectivity index (χ1v) is 5.74. The van der Waals surface area contributed by atoms with Gasteiger partial charge in [-0.2, -0.15) is 13.2 Å². The van der Waals surface area contributed by atoms with Gasteiger partial charge in [-0.25, -0.2) is 0 Å². The normalized spacial score (nSPS) is 12.3. The van der Waals surface area contributed by atoms with E-state index in [9.17, 15) is 13.2 Å². The molecule has 7 heteroatoms. The average Bonchev–Trinajstić information content (AvgIpc) is 2.41. The third-order valence-electron chi connectivity index (χ3n) is 1.75. The fourth-order valence-electron chi connectivity index (χ4n) is 1.19. The van der Waals surface area contributed by atoms with Crippen molar-refractivity contribution in [1.82, 2.24) is 4.98 Å². The molecule has 0 bridgehead atoms. The lowest BCUT2D eigenvalue weighted by Crippen LogP contribution is -2.05. The van der Waals surface area contributed by atoms with Crippen molar-refractivity contribution in [3.05, 3.63) is 22.2 Å². The molecule has 0 amide bonds. The molecule has 0 spiro atoms. The molecule has 2 rings (SSSR count). The van der Waals surface area contributed by atoms with Crippen molar-refractivity contribution >= 4 is 50.1 Å². The van der Waals surface area contributed by atoms with E-state index >= 15 is 0 Å². The molecular formula is C8H2BrF3NS2-. The van der Waals surface area contributed by atoms with Gasteiger partial charge in [0.15, 0.2) is 0 Å². The third-order valence-corrected chi connectivity index (χ3v) is 3.34.